The Balaban J connectivity index is 0.00000506. The molecule has 0 spiro atoms. The zero-order valence-electron chi connectivity index (χ0n) is 25.2. The van der Waals surface area contributed by atoms with Gasteiger partial charge in [-0.3, -0.25) is 20.3 Å². The maximum absolute atomic E-state index is 14.1. The van der Waals surface area contributed by atoms with Crippen LogP contribution in [0.2, 0.25) is 0 Å². The van der Waals surface area contributed by atoms with Gasteiger partial charge in [-0.15, -0.1) is 12.4 Å². The third kappa shape index (κ3) is 7.52. The first-order valence-corrected chi connectivity index (χ1v) is 14.4. The number of H-pyrrole nitrogens is 1. The van der Waals surface area contributed by atoms with Crippen LogP contribution in [-0.2, 0) is 31.1 Å². The first kappa shape index (κ1) is 33.5. The van der Waals surface area contributed by atoms with Gasteiger partial charge in [0.05, 0.1) is 29.6 Å². The SMILES string of the molecule is CCOC(=O)C(NCC(C)(C(=O)N1CCCCC1)c1ccc2[nH]c(CNc3ccc(C(=N)N)cc3)nc2c1C)C(C)=O.Cl. The number of carbonyl (C=O) groups excluding carboxylic acids is 3. The number of piperidine rings is 1. The largest absolute Gasteiger partial charge is 0.464 e. The number of nitrogens with one attached hydrogen (secondary N) is 4. The van der Waals surface area contributed by atoms with E-state index in [1.165, 1.54) is 6.92 Å². The fourth-order valence-corrected chi connectivity index (χ4v) is 5.56. The van der Waals surface area contributed by atoms with Crippen LogP contribution in [0.5, 0.6) is 0 Å². The molecule has 11 nitrogen and oxygen atoms in total. The number of halogens is 1. The number of amides is 1. The number of hydrogen-bond donors (Lipinski definition) is 5. The van der Waals surface area contributed by atoms with Crippen LogP contribution in [0.15, 0.2) is 36.4 Å². The van der Waals surface area contributed by atoms with Crippen molar-refractivity contribution in [1.29, 1.82) is 5.41 Å². The number of ketones is 1. The van der Waals surface area contributed by atoms with Gasteiger partial charge in [-0.05, 0) is 88.4 Å². The fourth-order valence-electron chi connectivity index (χ4n) is 5.56. The molecule has 1 saturated heterocycles. The summed E-state index contributed by atoms with van der Waals surface area (Å²) in [5.41, 5.74) is 9.24. The highest BCUT2D eigenvalue weighted by atomic mass is 35.5. The van der Waals surface area contributed by atoms with Crippen LogP contribution in [0.25, 0.3) is 11.0 Å². The molecule has 43 heavy (non-hydrogen) atoms. The van der Waals surface area contributed by atoms with Gasteiger partial charge in [-0.1, -0.05) is 6.07 Å². The number of fused-ring (bicyclic) bond motifs is 1. The van der Waals surface area contributed by atoms with E-state index in [1.807, 2.05) is 43.0 Å². The number of carbonyl (C=O) groups is 3. The third-order valence-electron chi connectivity index (χ3n) is 7.91. The van der Waals surface area contributed by atoms with E-state index in [-0.39, 0.29) is 43.1 Å². The number of nitrogens with zero attached hydrogens (tertiary/aromatic N) is 2. The summed E-state index contributed by atoms with van der Waals surface area (Å²) in [5, 5.41) is 13.9. The zero-order valence-corrected chi connectivity index (χ0v) is 26.0. The van der Waals surface area contributed by atoms with E-state index in [9.17, 15) is 14.4 Å². The standard InChI is InChI=1S/C31H41N7O4.ClH/c1-5-42-29(40)27(20(3)39)35-18-31(4,30(41)38-15-7-6-8-16-38)23-13-14-24-26(19(23)2)37-25(36-24)17-34-22-11-9-21(10-12-22)28(32)33;/h9-14,27,34-35H,5-8,15-18H2,1-4H3,(H3,32,33)(H,36,37);1H. The number of aryl methyl sites for hydroxylation is 1. The van der Waals surface area contributed by atoms with E-state index >= 15 is 0 Å². The van der Waals surface area contributed by atoms with Gasteiger partial charge in [-0.2, -0.15) is 0 Å². The molecule has 1 aliphatic heterocycles. The number of ether oxygens (including phenoxy) is 1. The molecule has 0 aliphatic carbocycles. The number of nitrogens with two attached hydrogens (primary N) is 1. The monoisotopic (exact) mass is 611 g/mol. The first-order chi connectivity index (χ1) is 20.0. The lowest BCUT2D eigenvalue weighted by molar-refractivity contribution is -0.149. The second-order valence-corrected chi connectivity index (χ2v) is 11.0. The van der Waals surface area contributed by atoms with Crippen LogP contribution in [0.4, 0.5) is 5.69 Å². The Kier molecular flexibility index (Phi) is 11.3. The van der Waals surface area contributed by atoms with Crippen LogP contribution in [0.3, 0.4) is 0 Å². The summed E-state index contributed by atoms with van der Waals surface area (Å²) in [6, 6.07) is 9.99. The van der Waals surface area contributed by atoms with Crippen LogP contribution >= 0.6 is 12.4 Å². The number of aromatic nitrogens is 2. The molecular formula is C31H42ClN7O4. The lowest BCUT2D eigenvalue weighted by Crippen LogP contribution is -2.55. The number of Topliss-reactive ketones (excluding diaryl/α,β-unsaturated/α-hetero) is 1. The third-order valence-corrected chi connectivity index (χ3v) is 7.91. The van der Waals surface area contributed by atoms with E-state index in [1.54, 1.807) is 19.1 Å². The number of aromatic amines is 1. The second-order valence-electron chi connectivity index (χ2n) is 11.0. The number of benzene rings is 2. The van der Waals surface area contributed by atoms with Crippen molar-refractivity contribution in [2.75, 3.05) is 31.6 Å². The molecule has 4 rings (SSSR count). The lowest BCUT2D eigenvalue weighted by atomic mass is 9.77. The molecule has 6 N–H and O–H groups in total. The average Bonchev–Trinajstić information content (AvgIpc) is 3.40. The van der Waals surface area contributed by atoms with E-state index in [0.29, 0.717) is 25.2 Å². The maximum atomic E-state index is 14.1. The van der Waals surface area contributed by atoms with E-state index < -0.39 is 17.4 Å². The Morgan fingerprint density at radius 1 is 1.14 bits per heavy atom. The van der Waals surface area contributed by atoms with Crippen molar-refractivity contribution in [3.63, 3.8) is 0 Å². The van der Waals surface area contributed by atoms with E-state index in [4.69, 9.17) is 20.9 Å². The number of anilines is 1. The molecule has 12 heteroatoms. The zero-order chi connectivity index (χ0) is 30.4. The number of nitrogen functional groups attached to an aromatic ring is 1. The molecule has 2 aromatic carbocycles. The van der Waals surface area contributed by atoms with Gasteiger partial charge in [0, 0.05) is 30.9 Å². The molecule has 1 aliphatic rings. The van der Waals surface area contributed by atoms with Crippen molar-refractivity contribution in [2.45, 2.75) is 65.0 Å². The minimum Gasteiger partial charge on any atom is -0.464 e. The summed E-state index contributed by atoms with van der Waals surface area (Å²) in [6.45, 7) is 8.87. The van der Waals surface area contributed by atoms with Crippen LogP contribution < -0.4 is 16.4 Å². The van der Waals surface area contributed by atoms with Gasteiger partial charge in [0.2, 0.25) is 5.91 Å². The molecule has 1 amide bonds. The number of rotatable bonds is 12. The Bertz CT molecular complexity index is 1470. The predicted molar refractivity (Wildman–Crippen MR) is 170 cm³/mol. The molecule has 3 aromatic rings. The van der Waals surface area contributed by atoms with E-state index in [2.05, 4.69) is 15.6 Å². The van der Waals surface area contributed by atoms with E-state index in [0.717, 1.165) is 52.9 Å². The Labute approximate surface area is 258 Å². The summed E-state index contributed by atoms with van der Waals surface area (Å²) < 4.78 is 5.12. The Hall–Kier alpha value is -3.96. The first-order valence-electron chi connectivity index (χ1n) is 14.4. The molecule has 2 unspecified atom stereocenters. The molecule has 232 valence electrons. The molecular weight excluding hydrogens is 570 g/mol. The summed E-state index contributed by atoms with van der Waals surface area (Å²) in [6.07, 6.45) is 2.97. The highest BCUT2D eigenvalue weighted by molar-refractivity contribution is 6.02. The molecule has 0 saturated carbocycles. The van der Waals surface area contributed by atoms with Gasteiger partial charge >= 0.3 is 5.97 Å². The minimum atomic E-state index is -1.16. The fraction of sp³-hybridized carbons (Fsp3) is 0.452. The quantitative estimate of drug-likeness (QED) is 0.0897. The normalized spacial score (nSPS) is 15.2. The van der Waals surface area contributed by atoms with Crippen LogP contribution in [-0.4, -0.2) is 70.6 Å². The average molecular weight is 612 g/mol. The molecule has 2 atom stereocenters. The predicted octanol–water partition coefficient (Wildman–Crippen LogP) is 3.57. The number of imidazole rings is 1. The number of likely N-dealkylation sites (tertiary alicyclic amines) is 1. The summed E-state index contributed by atoms with van der Waals surface area (Å²) in [7, 11) is 0. The van der Waals surface area contributed by atoms with Gasteiger partial charge in [0.25, 0.3) is 0 Å². The smallest absolute Gasteiger partial charge is 0.330 e. The Morgan fingerprint density at radius 2 is 1.81 bits per heavy atom. The van der Waals surface area contributed by atoms with Crippen LogP contribution in [0.1, 0.15) is 62.5 Å². The van der Waals surface area contributed by atoms with Crippen molar-refractivity contribution in [1.82, 2.24) is 20.2 Å². The van der Waals surface area contributed by atoms with Crippen molar-refractivity contribution >= 4 is 52.6 Å². The highest BCUT2D eigenvalue weighted by Crippen LogP contribution is 2.33. The van der Waals surface area contributed by atoms with Gasteiger partial charge in [-0.25, -0.2) is 9.78 Å². The van der Waals surface area contributed by atoms with Crippen molar-refractivity contribution in [3.05, 3.63) is 58.9 Å². The maximum Gasteiger partial charge on any atom is 0.330 e. The Morgan fingerprint density at radius 3 is 2.42 bits per heavy atom. The van der Waals surface area contributed by atoms with Crippen LogP contribution in [0, 0.1) is 12.3 Å². The lowest BCUT2D eigenvalue weighted by Gasteiger charge is -2.38. The molecule has 2 heterocycles. The number of hydrogen-bond acceptors (Lipinski definition) is 8. The highest BCUT2D eigenvalue weighted by Gasteiger charge is 2.41. The summed E-state index contributed by atoms with van der Waals surface area (Å²) in [5.74, 6) is -0.320. The molecule has 1 fully saturated rings. The summed E-state index contributed by atoms with van der Waals surface area (Å²) in [4.78, 5) is 49.1. The number of esters is 1. The summed E-state index contributed by atoms with van der Waals surface area (Å²) >= 11 is 0. The molecule has 0 radical (unpaired) electrons. The number of amidine groups is 1. The van der Waals surface area contributed by atoms with Crippen molar-refractivity contribution < 1.29 is 19.1 Å². The minimum absolute atomic E-state index is 0. The molecule has 0 bridgehead atoms. The van der Waals surface area contributed by atoms with Gasteiger partial charge < -0.3 is 25.7 Å². The molecule has 1 aromatic heterocycles. The van der Waals surface area contributed by atoms with Crippen molar-refractivity contribution in [2.24, 2.45) is 5.73 Å². The van der Waals surface area contributed by atoms with Gasteiger partial charge in [0.15, 0.2) is 11.8 Å². The van der Waals surface area contributed by atoms with Gasteiger partial charge in [0.1, 0.15) is 11.7 Å². The second kappa shape index (κ2) is 14.5. The topological polar surface area (TPSA) is 166 Å². The van der Waals surface area contributed by atoms with Crippen molar-refractivity contribution in [3.8, 4) is 0 Å².